The quantitative estimate of drug-likeness (QED) is 0.696. The second-order valence-electron chi connectivity index (χ2n) is 4.57. The number of benzene rings is 1. The Kier molecular flexibility index (Phi) is 6.71. The van der Waals surface area contributed by atoms with Crippen LogP contribution in [-0.4, -0.2) is 19.2 Å². The van der Waals surface area contributed by atoms with E-state index in [0.717, 1.165) is 25.3 Å². The summed E-state index contributed by atoms with van der Waals surface area (Å²) in [6.07, 6.45) is 3.58. The van der Waals surface area contributed by atoms with Crippen LogP contribution >= 0.6 is 0 Å². The van der Waals surface area contributed by atoms with Gasteiger partial charge in [-0.25, -0.2) is 0 Å². The summed E-state index contributed by atoms with van der Waals surface area (Å²) in [4.78, 5) is 0. The van der Waals surface area contributed by atoms with Crippen LogP contribution in [0.3, 0.4) is 0 Å². The van der Waals surface area contributed by atoms with Gasteiger partial charge in [-0.3, -0.25) is 0 Å². The van der Waals surface area contributed by atoms with Gasteiger partial charge in [0.15, 0.2) is 0 Å². The Labute approximate surface area is 105 Å². The van der Waals surface area contributed by atoms with Crippen molar-refractivity contribution in [1.29, 1.82) is 0 Å². The first-order valence-electron chi connectivity index (χ1n) is 6.66. The molecule has 0 amide bonds. The Morgan fingerprint density at radius 3 is 2.71 bits per heavy atom. The molecule has 96 valence electrons. The van der Waals surface area contributed by atoms with Gasteiger partial charge in [0.2, 0.25) is 0 Å². The van der Waals surface area contributed by atoms with Gasteiger partial charge in [0.25, 0.3) is 0 Å². The first-order valence-corrected chi connectivity index (χ1v) is 6.66. The van der Waals surface area contributed by atoms with Crippen molar-refractivity contribution < 1.29 is 4.74 Å². The Bertz CT molecular complexity index is 312. The van der Waals surface area contributed by atoms with Gasteiger partial charge in [-0.2, -0.15) is 0 Å². The molecule has 2 heteroatoms. The van der Waals surface area contributed by atoms with Crippen molar-refractivity contribution in [3.8, 4) is 5.75 Å². The third kappa shape index (κ3) is 5.73. The molecular formula is C15H25NO. The predicted octanol–water partition coefficient (Wildman–Crippen LogP) is 3.54. The van der Waals surface area contributed by atoms with Crippen LogP contribution in [0.4, 0.5) is 0 Å². The molecule has 0 heterocycles. The fourth-order valence-electron chi connectivity index (χ4n) is 1.90. The minimum atomic E-state index is 0.624. The SMILES string of the molecule is CCNC(C)CCCCOc1ccccc1C. The molecule has 0 aliphatic heterocycles. The van der Waals surface area contributed by atoms with E-state index in [1.54, 1.807) is 0 Å². The number of hydrogen-bond acceptors (Lipinski definition) is 2. The average molecular weight is 235 g/mol. The molecule has 1 unspecified atom stereocenters. The molecule has 0 saturated carbocycles. The minimum absolute atomic E-state index is 0.624. The van der Waals surface area contributed by atoms with Crippen LogP contribution < -0.4 is 10.1 Å². The maximum Gasteiger partial charge on any atom is 0.122 e. The van der Waals surface area contributed by atoms with Gasteiger partial charge in [0, 0.05) is 6.04 Å². The van der Waals surface area contributed by atoms with Crippen molar-refractivity contribution in [3.63, 3.8) is 0 Å². The fourth-order valence-corrected chi connectivity index (χ4v) is 1.90. The van der Waals surface area contributed by atoms with Crippen LogP contribution in [0.15, 0.2) is 24.3 Å². The van der Waals surface area contributed by atoms with Crippen molar-refractivity contribution in [1.82, 2.24) is 5.32 Å². The molecule has 0 aliphatic rings. The molecule has 0 fully saturated rings. The summed E-state index contributed by atoms with van der Waals surface area (Å²) in [5.41, 5.74) is 1.22. The van der Waals surface area contributed by atoms with E-state index in [1.165, 1.54) is 18.4 Å². The van der Waals surface area contributed by atoms with Gasteiger partial charge >= 0.3 is 0 Å². The number of para-hydroxylation sites is 1. The molecule has 2 nitrogen and oxygen atoms in total. The summed E-state index contributed by atoms with van der Waals surface area (Å²) in [6, 6.07) is 8.81. The monoisotopic (exact) mass is 235 g/mol. The zero-order valence-electron chi connectivity index (χ0n) is 11.3. The summed E-state index contributed by atoms with van der Waals surface area (Å²) >= 11 is 0. The van der Waals surface area contributed by atoms with Crippen LogP contribution in [-0.2, 0) is 0 Å². The molecular weight excluding hydrogens is 210 g/mol. The molecule has 1 N–H and O–H groups in total. The van der Waals surface area contributed by atoms with Crippen LogP contribution in [0.1, 0.15) is 38.7 Å². The third-order valence-electron chi connectivity index (χ3n) is 2.94. The maximum atomic E-state index is 5.76. The summed E-state index contributed by atoms with van der Waals surface area (Å²) in [7, 11) is 0. The topological polar surface area (TPSA) is 21.3 Å². The molecule has 0 radical (unpaired) electrons. The van der Waals surface area contributed by atoms with Gasteiger partial charge < -0.3 is 10.1 Å². The normalized spacial score (nSPS) is 12.4. The van der Waals surface area contributed by atoms with E-state index in [-0.39, 0.29) is 0 Å². The van der Waals surface area contributed by atoms with E-state index < -0.39 is 0 Å². The highest BCUT2D eigenvalue weighted by Gasteiger charge is 2.00. The van der Waals surface area contributed by atoms with E-state index in [1.807, 2.05) is 18.2 Å². The highest BCUT2D eigenvalue weighted by molar-refractivity contribution is 5.31. The van der Waals surface area contributed by atoms with Gasteiger partial charge in [0.1, 0.15) is 5.75 Å². The van der Waals surface area contributed by atoms with Gasteiger partial charge in [-0.05, 0) is 51.3 Å². The summed E-state index contributed by atoms with van der Waals surface area (Å²) in [5, 5.41) is 3.42. The standard InChI is InChI=1S/C15H25NO/c1-4-16-14(3)10-7-8-12-17-15-11-6-5-9-13(15)2/h5-6,9,11,14,16H,4,7-8,10,12H2,1-3H3. The Balaban J connectivity index is 2.10. The third-order valence-corrected chi connectivity index (χ3v) is 2.94. The molecule has 17 heavy (non-hydrogen) atoms. The van der Waals surface area contributed by atoms with E-state index in [2.05, 4.69) is 32.2 Å². The highest BCUT2D eigenvalue weighted by atomic mass is 16.5. The lowest BCUT2D eigenvalue weighted by Gasteiger charge is -2.12. The molecule has 0 aromatic heterocycles. The van der Waals surface area contributed by atoms with Crippen LogP contribution in [0.5, 0.6) is 5.75 Å². The zero-order chi connectivity index (χ0) is 12.5. The van der Waals surface area contributed by atoms with Crippen molar-refractivity contribution >= 4 is 0 Å². The lowest BCUT2D eigenvalue weighted by molar-refractivity contribution is 0.300. The van der Waals surface area contributed by atoms with Crippen molar-refractivity contribution in [2.24, 2.45) is 0 Å². The molecule has 1 aromatic carbocycles. The molecule has 0 saturated heterocycles. The zero-order valence-corrected chi connectivity index (χ0v) is 11.3. The van der Waals surface area contributed by atoms with E-state index in [4.69, 9.17) is 4.74 Å². The number of hydrogen-bond donors (Lipinski definition) is 1. The first-order chi connectivity index (χ1) is 8.24. The number of rotatable bonds is 8. The van der Waals surface area contributed by atoms with Crippen LogP contribution in [0, 0.1) is 6.92 Å². The lowest BCUT2D eigenvalue weighted by Crippen LogP contribution is -2.25. The summed E-state index contributed by atoms with van der Waals surface area (Å²) in [5.74, 6) is 1.02. The maximum absolute atomic E-state index is 5.76. The molecule has 0 aliphatic carbocycles. The second-order valence-corrected chi connectivity index (χ2v) is 4.57. The fraction of sp³-hybridized carbons (Fsp3) is 0.600. The predicted molar refractivity (Wildman–Crippen MR) is 73.7 cm³/mol. The molecule has 0 bridgehead atoms. The van der Waals surface area contributed by atoms with E-state index in [9.17, 15) is 0 Å². The van der Waals surface area contributed by atoms with Crippen LogP contribution in [0.25, 0.3) is 0 Å². The number of ether oxygens (including phenoxy) is 1. The Hall–Kier alpha value is -1.02. The summed E-state index contributed by atoms with van der Waals surface area (Å²) < 4.78 is 5.76. The number of aryl methyl sites for hydroxylation is 1. The Morgan fingerprint density at radius 1 is 1.24 bits per heavy atom. The Morgan fingerprint density at radius 2 is 2.00 bits per heavy atom. The largest absolute Gasteiger partial charge is 0.493 e. The average Bonchev–Trinajstić information content (AvgIpc) is 2.31. The van der Waals surface area contributed by atoms with E-state index >= 15 is 0 Å². The minimum Gasteiger partial charge on any atom is -0.493 e. The van der Waals surface area contributed by atoms with Gasteiger partial charge in [-0.1, -0.05) is 25.1 Å². The van der Waals surface area contributed by atoms with E-state index in [0.29, 0.717) is 6.04 Å². The molecule has 0 spiro atoms. The van der Waals surface area contributed by atoms with Crippen molar-refractivity contribution in [2.75, 3.05) is 13.2 Å². The van der Waals surface area contributed by atoms with Gasteiger partial charge in [-0.15, -0.1) is 0 Å². The first kappa shape index (κ1) is 14.0. The number of nitrogens with one attached hydrogen (secondary N) is 1. The van der Waals surface area contributed by atoms with Gasteiger partial charge in [0.05, 0.1) is 6.61 Å². The molecule has 1 rings (SSSR count). The van der Waals surface area contributed by atoms with Crippen LogP contribution in [0.2, 0.25) is 0 Å². The summed E-state index contributed by atoms with van der Waals surface area (Å²) in [6.45, 7) is 8.36. The molecule has 1 atom stereocenters. The highest BCUT2D eigenvalue weighted by Crippen LogP contribution is 2.16. The van der Waals surface area contributed by atoms with Crippen molar-refractivity contribution in [3.05, 3.63) is 29.8 Å². The lowest BCUT2D eigenvalue weighted by atomic mass is 10.1. The second kappa shape index (κ2) is 8.13. The smallest absolute Gasteiger partial charge is 0.122 e. The number of unbranched alkanes of at least 4 members (excludes halogenated alkanes) is 1. The molecule has 1 aromatic rings. The van der Waals surface area contributed by atoms with Crippen molar-refractivity contribution in [2.45, 2.75) is 46.1 Å².